The van der Waals surface area contributed by atoms with Crippen molar-refractivity contribution < 1.29 is 14.6 Å². The fourth-order valence-electron chi connectivity index (χ4n) is 3.62. The van der Waals surface area contributed by atoms with E-state index in [0.29, 0.717) is 25.0 Å². The third kappa shape index (κ3) is 2.89. The molecule has 1 aromatic carbocycles. The molecule has 0 bridgehead atoms. The fourth-order valence-corrected chi connectivity index (χ4v) is 3.62. The van der Waals surface area contributed by atoms with E-state index in [0.717, 1.165) is 23.5 Å². The summed E-state index contributed by atoms with van der Waals surface area (Å²) in [6.45, 7) is 7.99. The van der Waals surface area contributed by atoms with Crippen molar-refractivity contribution >= 4 is 0 Å². The Balaban J connectivity index is 1.83. The van der Waals surface area contributed by atoms with Crippen LogP contribution >= 0.6 is 0 Å². The quantitative estimate of drug-likeness (QED) is 0.896. The summed E-state index contributed by atoms with van der Waals surface area (Å²) in [5.74, 6) is 2.27. The first-order valence-electron chi connectivity index (χ1n) is 8.05. The van der Waals surface area contributed by atoms with Crippen molar-refractivity contribution in [2.24, 2.45) is 17.3 Å². The number of benzene rings is 1. The van der Waals surface area contributed by atoms with Gasteiger partial charge >= 0.3 is 0 Å². The van der Waals surface area contributed by atoms with Gasteiger partial charge < -0.3 is 14.6 Å². The smallest absolute Gasteiger partial charge is 0.161 e. The molecule has 2 aliphatic rings. The molecule has 0 spiro atoms. The van der Waals surface area contributed by atoms with E-state index in [1.54, 1.807) is 0 Å². The predicted octanol–water partition coefficient (Wildman–Crippen LogP) is 3.95. The van der Waals surface area contributed by atoms with Gasteiger partial charge in [0, 0.05) is 5.92 Å². The lowest BCUT2D eigenvalue weighted by Crippen LogP contribution is -2.24. The Morgan fingerprint density at radius 3 is 2.57 bits per heavy atom. The average molecular weight is 290 g/mol. The van der Waals surface area contributed by atoms with Crippen LogP contribution in [0.2, 0.25) is 0 Å². The molecular formula is C18H26O3. The van der Waals surface area contributed by atoms with Crippen LogP contribution in [0.1, 0.15) is 51.7 Å². The van der Waals surface area contributed by atoms with Gasteiger partial charge in [-0.1, -0.05) is 33.3 Å². The monoisotopic (exact) mass is 290 g/mol. The topological polar surface area (TPSA) is 38.7 Å². The number of aliphatic hydroxyl groups excluding tert-OH is 1. The zero-order valence-corrected chi connectivity index (χ0v) is 13.3. The highest BCUT2D eigenvalue weighted by atomic mass is 16.5. The second-order valence-corrected chi connectivity index (χ2v) is 7.37. The molecule has 1 aliphatic heterocycles. The van der Waals surface area contributed by atoms with Gasteiger partial charge in [0.25, 0.3) is 0 Å². The first kappa shape index (κ1) is 14.7. The molecule has 0 aromatic heterocycles. The van der Waals surface area contributed by atoms with E-state index in [-0.39, 0.29) is 5.41 Å². The Morgan fingerprint density at radius 1 is 1.19 bits per heavy atom. The van der Waals surface area contributed by atoms with Crippen LogP contribution < -0.4 is 9.47 Å². The van der Waals surface area contributed by atoms with Crippen LogP contribution in [0.25, 0.3) is 0 Å². The second-order valence-electron chi connectivity index (χ2n) is 7.37. The number of hydrogen-bond donors (Lipinski definition) is 1. The standard InChI is InChI=1S/C18H26O3/c1-12-10-20-15-7-6-13(9-16(15)21-11-12)17(19)14-5-4-8-18(14,2)3/h6-7,9,12,14,17,19H,4-5,8,10-11H2,1-3H3. The van der Waals surface area contributed by atoms with Crippen molar-refractivity contribution in [1.82, 2.24) is 0 Å². The normalized spacial score (nSPS) is 29.0. The zero-order valence-electron chi connectivity index (χ0n) is 13.3. The molecule has 3 atom stereocenters. The number of fused-ring (bicyclic) bond motifs is 1. The van der Waals surface area contributed by atoms with Gasteiger partial charge in [0.2, 0.25) is 0 Å². The maximum absolute atomic E-state index is 10.8. The minimum atomic E-state index is -0.419. The van der Waals surface area contributed by atoms with E-state index in [1.807, 2.05) is 18.2 Å². The molecule has 21 heavy (non-hydrogen) atoms. The van der Waals surface area contributed by atoms with Gasteiger partial charge in [0.1, 0.15) is 0 Å². The van der Waals surface area contributed by atoms with Crippen molar-refractivity contribution in [3.8, 4) is 11.5 Å². The Kier molecular flexibility index (Phi) is 3.87. The third-order valence-corrected chi connectivity index (χ3v) is 5.08. The van der Waals surface area contributed by atoms with Crippen LogP contribution in [0.4, 0.5) is 0 Å². The second kappa shape index (κ2) is 5.53. The molecule has 3 heteroatoms. The summed E-state index contributed by atoms with van der Waals surface area (Å²) in [4.78, 5) is 0. The Hall–Kier alpha value is -1.22. The molecule has 1 saturated carbocycles. The Bertz CT molecular complexity index is 509. The van der Waals surface area contributed by atoms with Crippen LogP contribution in [0.3, 0.4) is 0 Å². The first-order chi connectivity index (χ1) is 9.97. The molecule has 1 heterocycles. The van der Waals surface area contributed by atoms with Crippen molar-refractivity contribution in [2.45, 2.75) is 46.1 Å². The molecule has 0 radical (unpaired) electrons. The SMILES string of the molecule is CC1COc2ccc(C(O)C3CCCC3(C)C)cc2OC1. The number of ether oxygens (including phenoxy) is 2. The molecule has 0 saturated heterocycles. The number of hydrogen-bond acceptors (Lipinski definition) is 3. The maximum Gasteiger partial charge on any atom is 0.161 e. The minimum absolute atomic E-state index is 0.206. The van der Waals surface area contributed by atoms with Crippen LogP contribution in [-0.4, -0.2) is 18.3 Å². The summed E-state index contributed by atoms with van der Waals surface area (Å²) in [6.07, 6.45) is 3.07. The molecule has 1 fully saturated rings. The zero-order chi connectivity index (χ0) is 15.0. The summed E-state index contributed by atoms with van der Waals surface area (Å²) < 4.78 is 11.6. The molecule has 1 aromatic rings. The van der Waals surface area contributed by atoms with Crippen LogP contribution in [0.5, 0.6) is 11.5 Å². The van der Waals surface area contributed by atoms with Crippen LogP contribution in [0, 0.1) is 17.3 Å². The Morgan fingerprint density at radius 2 is 1.90 bits per heavy atom. The third-order valence-electron chi connectivity index (χ3n) is 5.08. The summed E-state index contributed by atoms with van der Waals surface area (Å²) in [5.41, 5.74) is 1.16. The van der Waals surface area contributed by atoms with E-state index < -0.39 is 6.10 Å². The lowest BCUT2D eigenvalue weighted by Gasteiger charge is -2.31. The summed E-state index contributed by atoms with van der Waals surface area (Å²) in [6, 6.07) is 5.89. The highest BCUT2D eigenvalue weighted by molar-refractivity contribution is 5.44. The van der Waals surface area contributed by atoms with Gasteiger partial charge in [-0.2, -0.15) is 0 Å². The van der Waals surface area contributed by atoms with Crippen LogP contribution in [-0.2, 0) is 0 Å². The van der Waals surface area contributed by atoms with Crippen LogP contribution in [0.15, 0.2) is 18.2 Å². The largest absolute Gasteiger partial charge is 0.489 e. The van der Waals surface area contributed by atoms with Crippen molar-refractivity contribution in [2.75, 3.05) is 13.2 Å². The fraction of sp³-hybridized carbons (Fsp3) is 0.667. The molecule has 1 aliphatic carbocycles. The van der Waals surface area contributed by atoms with Gasteiger partial charge in [-0.15, -0.1) is 0 Å². The van der Waals surface area contributed by atoms with Crippen molar-refractivity contribution in [3.63, 3.8) is 0 Å². The van der Waals surface area contributed by atoms with E-state index >= 15 is 0 Å². The van der Waals surface area contributed by atoms with E-state index in [9.17, 15) is 5.11 Å². The molecule has 116 valence electrons. The van der Waals surface area contributed by atoms with Gasteiger partial charge in [0.05, 0.1) is 19.3 Å². The molecule has 3 rings (SSSR count). The highest BCUT2D eigenvalue weighted by Crippen LogP contribution is 2.49. The van der Waals surface area contributed by atoms with Gasteiger partial charge in [-0.05, 0) is 41.9 Å². The number of aliphatic hydroxyl groups is 1. The maximum atomic E-state index is 10.8. The molecule has 3 nitrogen and oxygen atoms in total. The van der Waals surface area contributed by atoms with Gasteiger partial charge in [-0.25, -0.2) is 0 Å². The molecular weight excluding hydrogens is 264 g/mol. The molecule has 0 amide bonds. The first-order valence-corrected chi connectivity index (χ1v) is 8.05. The van der Waals surface area contributed by atoms with Crippen molar-refractivity contribution in [1.29, 1.82) is 0 Å². The average Bonchev–Trinajstić information content (AvgIpc) is 2.70. The van der Waals surface area contributed by atoms with Crippen molar-refractivity contribution in [3.05, 3.63) is 23.8 Å². The van der Waals surface area contributed by atoms with Gasteiger partial charge in [-0.3, -0.25) is 0 Å². The van der Waals surface area contributed by atoms with Gasteiger partial charge in [0.15, 0.2) is 11.5 Å². The highest BCUT2D eigenvalue weighted by Gasteiger charge is 2.39. The summed E-state index contributed by atoms with van der Waals surface area (Å²) in [5, 5.41) is 10.8. The van der Waals surface area contributed by atoms with E-state index in [4.69, 9.17) is 9.47 Å². The predicted molar refractivity (Wildman–Crippen MR) is 82.7 cm³/mol. The van der Waals surface area contributed by atoms with E-state index in [1.165, 1.54) is 12.8 Å². The summed E-state index contributed by atoms with van der Waals surface area (Å²) >= 11 is 0. The lowest BCUT2D eigenvalue weighted by atomic mass is 9.77. The summed E-state index contributed by atoms with van der Waals surface area (Å²) in [7, 11) is 0. The Labute approximate surface area is 127 Å². The lowest BCUT2D eigenvalue weighted by molar-refractivity contribution is 0.0529. The molecule has 1 N–H and O–H groups in total. The molecule has 3 unspecified atom stereocenters. The minimum Gasteiger partial charge on any atom is -0.489 e. The number of rotatable bonds is 2. The van der Waals surface area contributed by atoms with E-state index in [2.05, 4.69) is 20.8 Å².